The van der Waals surface area contributed by atoms with Gasteiger partial charge in [-0.2, -0.15) is 10.1 Å². The van der Waals surface area contributed by atoms with E-state index in [9.17, 15) is 4.39 Å². The van der Waals surface area contributed by atoms with Crippen LogP contribution in [0.3, 0.4) is 0 Å². The van der Waals surface area contributed by atoms with E-state index < -0.39 is 0 Å². The number of nitrogens with zero attached hydrogens (tertiary/aromatic N) is 3. The number of benzene rings is 2. The summed E-state index contributed by atoms with van der Waals surface area (Å²) in [7, 11) is 0. The first kappa shape index (κ1) is 16.8. The van der Waals surface area contributed by atoms with Crippen molar-refractivity contribution >= 4 is 17.5 Å². The molecular formula is C19H20FN5. The van der Waals surface area contributed by atoms with Gasteiger partial charge in [0.05, 0.1) is 6.20 Å². The highest BCUT2D eigenvalue weighted by Gasteiger charge is 2.05. The quantitative estimate of drug-likeness (QED) is 0.711. The summed E-state index contributed by atoms with van der Waals surface area (Å²) in [5.41, 5.74) is 3.97. The van der Waals surface area contributed by atoms with Crippen LogP contribution in [-0.2, 0) is 6.42 Å². The van der Waals surface area contributed by atoms with Crippen LogP contribution in [0.4, 0.5) is 21.8 Å². The molecule has 0 fully saturated rings. The number of rotatable bonds is 6. The van der Waals surface area contributed by atoms with E-state index >= 15 is 0 Å². The molecule has 0 saturated carbocycles. The third kappa shape index (κ3) is 4.50. The molecule has 3 aromatic rings. The van der Waals surface area contributed by atoms with Gasteiger partial charge in [0.2, 0.25) is 5.95 Å². The van der Waals surface area contributed by atoms with E-state index in [1.165, 1.54) is 11.6 Å². The zero-order valence-electron chi connectivity index (χ0n) is 14.3. The monoisotopic (exact) mass is 337 g/mol. The van der Waals surface area contributed by atoms with E-state index in [2.05, 4.69) is 38.8 Å². The minimum Gasteiger partial charge on any atom is -0.353 e. The SMILES string of the molecule is Cc1ccc(Nc2cnnc(NCCc3ccccc3F)n2)c(C)c1. The number of aromatic nitrogens is 3. The molecule has 128 valence electrons. The minimum absolute atomic E-state index is 0.200. The molecule has 0 bridgehead atoms. The van der Waals surface area contributed by atoms with Crippen LogP contribution in [0.1, 0.15) is 16.7 Å². The van der Waals surface area contributed by atoms with E-state index in [1.54, 1.807) is 18.3 Å². The lowest BCUT2D eigenvalue weighted by atomic mass is 10.1. The second kappa shape index (κ2) is 7.70. The number of hydrogen-bond donors (Lipinski definition) is 2. The normalized spacial score (nSPS) is 10.5. The molecule has 0 aliphatic carbocycles. The van der Waals surface area contributed by atoms with Crippen molar-refractivity contribution in [2.24, 2.45) is 0 Å². The zero-order valence-corrected chi connectivity index (χ0v) is 14.3. The molecule has 0 aliphatic heterocycles. The van der Waals surface area contributed by atoms with Gasteiger partial charge in [-0.1, -0.05) is 35.9 Å². The lowest BCUT2D eigenvalue weighted by Crippen LogP contribution is -2.10. The molecule has 0 aliphatic rings. The Morgan fingerprint density at radius 2 is 1.92 bits per heavy atom. The van der Waals surface area contributed by atoms with Crippen LogP contribution in [0.5, 0.6) is 0 Å². The standard InChI is InChI=1S/C19H20FN5/c1-13-7-8-17(14(2)11-13)23-18-12-22-25-19(24-18)21-10-9-15-5-3-4-6-16(15)20/h3-8,11-12H,9-10H2,1-2H3,(H2,21,23,24,25). The third-order valence-corrected chi connectivity index (χ3v) is 3.84. The van der Waals surface area contributed by atoms with Crippen molar-refractivity contribution in [1.29, 1.82) is 0 Å². The molecule has 0 atom stereocenters. The lowest BCUT2D eigenvalue weighted by molar-refractivity contribution is 0.610. The highest BCUT2D eigenvalue weighted by molar-refractivity contribution is 5.60. The van der Waals surface area contributed by atoms with Crippen molar-refractivity contribution in [1.82, 2.24) is 15.2 Å². The van der Waals surface area contributed by atoms with Gasteiger partial charge in [0, 0.05) is 12.2 Å². The molecule has 5 nitrogen and oxygen atoms in total. The summed E-state index contributed by atoms with van der Waals surface area (Å²) in [5, 5.41) is 14.2. The Balaban J connectivity index is 1.62. The van der Waals surface area contributed by atoms with Gasteiger partial charge in [-0.05, 0) is 43.5 Å². The molecule has 2 aromatic carbocycles. The largest absolute Gasteiger partial charge is 0.353 e. The minimum atomic E-state index is -0.200. The van der Waals surface area contributed by atoms with Gasteiger partial charge in [0.1, 0.15) is 5.82 Å². The van der Waals surface area contributed by atoms with Crippen molar-refractivity contribution < 1.29 is 4.39 Å². The average Bonchev–Trinajstić information content (AvgIpc) is 2.60. The number of aryl methyl sites for hydroxylation is 2. The molecule has 25 heavy (non-hydrogen) atoms. The Morgan fingerprint density at radius 3 is 2.72 bits per heavy atom. The van der Waals surface area contributed by atoms with Crippen molar-refractivity contribution in [2.75, 3.05) is 17.2 Å². The molecule has 1 heterocycles. The van der Waals surface area contributed by atoms with Gasteiger partial charge in [-0.3, -0.25) is 0 Å². The summed E-state index contributed by atoms with van der Waals surface area (Å²) < 4.78 is 13.6. The highest BCUT2D eigenvalue weighted by atomic mass is 19.1. The zero-order chi connectivity index (χ0) is 17.6. The number of halogens is 1. The molecule has 0 radical (unpaired) electrons. The van der Waals surface area contributed by atoms with E-state index in [0.717, 1.165) is 11.3 Å². The maximum Gasteiger partial charge on any atom is 0.244 e. The van der Waals surface area contributed by atoms with Crippen molar-refractivity contribution in [3.8, 4) is 0 Å². The van der Waals surface area contributed by atoms with Gasteiger partial charge >= 0.3 is 0 Å². The first-order chi connectivity index (χ1) is 12.1. The van der Waals surface area contributed by atoms with E-state index in [-0.39, 0.29) is 5.82 Å². The fraction of sp³-hybridized carbons (Fsp3) is 0.211. The van der Waals surface area contributed by atoms with Crippen LogP contribution in [0.2, 0.25) is 0 Å². The Kier molecular flexibility index (Phi) is 5.18. The average molecular weight is 337 g/mol. The molecule has 0 spiro atoms. The summed E-state index contributed by atoms with van der Waals surface area (Å²) in [6.45, 7) is 4.62. The second-order valence-electron chi connectivity index (χ2n) is 5.88. The summed E-state index contributed by atoms with van der Waals surface area (Å²) in [5.74, 6) is 0.815. The van der Waals surface area contributed by atoms with E-state index in [1.807, 2.05) is 25.1 Å². The fourth-order valence-electron chi connectivity index (χ4n) is 2.54. The topological polar surface area (TPSA) is 62.7 Å². The highest BCUT2D eigenvalue weighted by Crippen LogP contribution is 2.20. The van der Waals surface area contributed by atoms with Crippen LogP contribution < -0.4 is 10.6 Å². The molecule has 0 saturated heterocycles. The third-order valence-electron chi connectivity index (χ3n) is 3.84. The van der Waals surface area contributed by atoms with Crippen LogP contribution >= 0.6 is 0 Å². The summed E-state index contributed by atoms with van der Waals surface area (Å²) >= 11 is 0. The Hall–Kier alpha value is -3.02. The first-order valence-electron chi connectivity index (χ1n) is 8.13. The fourth-order valence-corrected chi connectivity index (χ4v) is 2.54. The molecule has 0 unspecified atom stereocenters. The first-order valence-corrected chi connectivity index (χ1v) is 8.13. The molecular weight excluding hydrogens is 317 g/mol. The number of anilines is 3. The number of hydrogen-bond acceptors (Lipinski definition) is 5. The summed E-state index contributed by atoms with van der Waals surface area (Å²) in [6, 6.07) is 12.9. The molecule has 2 N–H and O–H groups in total. The van der Waals surface area contributed by atoms with Gasteiger partial charge < -0.3 is 10.6 Å². The Labute approximate surface area is 146 Å². The predicted octanol–water partition coefficient (Wildman–Crippen LogP) is 4.03. The lowest BCUT2D eigenvalue weighted by Gasteiger charge is -2.10. The van der Waals surface area contributed by atoms with Crippen molar-refractivity contribution in [3.63, 3.8) is 0 Å². The molecule has 1 aromatic heterocycles. The van der Waals surface area contributed by atoms with Crippen LogP contribution in [0, 0.1) is 19.7 Å². The summed E-state index contributed by atoms with van der Waals surface area (Å²) in [4.78, 5) is 4.40. The Morgan fingerprint density at radius 1 is 1.08 bits per heavy atom. The van der Waals surface area contributed by atoms with Crippen LogP contribution in [0.15, 0.2) is 48.7 Å². The van der Waals surface area contributed by atoms with Gasteiger partial charge in [-0.25, -0.2) is 4.39 Å². The summed E-state index contributed by atoms with van der Waals surface area (Å²) in [6.07, 6.45) is 2.12. The second-order valence-corrected chi connectivity index (χ2v) is 5.88. The van der Waals surface area contributed by atoms with E-state index in [4.69, 9.17) is 0 Å². The maximum absolute atomic E-state index is 13.6. The predicted molar refractivity (Wildman–Crippen MR) is 97.6 cm³/mol. The molecule has 0 amide bonds. The van der Waals surface area contributed by atoms with Crippen LogP contribution in [0.25, 0.3) is 0 Å². The van der Waals surface area contributed by atoms with Crippen LogP contribution in [-0.4, -0.2) is 21.7 Å². The van der Waals surface area contributed by atoms with Gasteiger partial charge in [0.15, 0.2) is 5.82 Å². The maximum atomic E-state index is 13.6. The Bertz CT molecular complexity index is 866. The van der Waals surface area contributed by atoms with Gasteiger partial charge in [0.25, 0.3) is 0 Å². The van der Waals surface area contributed by atoms with Crippen molar-refractivity contribution in [3.05, 3.63) is 71.2 Å². The van der Waals surface area contributed by atoms with Crippen molar-refractivity contribution in [2.45, 2.75) is 20.3 Å². The molecule has 6 heteroatoms. The van der Waals surface area contributed by atoms with E-state index in [0.29, 0.717) is 30.3 Å². The molecule has 3 rings (SSSR count). The van der Waals surface area contributed by atoms with Gasteiger partial charge in [-0.15, -0.1) is 5.10 Å². The number of nitrogens with one attached hydrogen (secondary N) is 2. The smallest absolute Gasteiger partial charge is 0.244 e.